The van der Waals surface area contributed by atoms with Gasteiger partial charge in [0.15, 0.2) is 0 Å². The summed E-state index contributed by atoms with van der Waals surface area (Å²) in [6, 6.07) is 4.11. The fourth-order valence-corrected chi connectivity index (χ4v) is 2.62. The fraction of sp³-hybridized carbons (Fsp3) is 0.500. The number of amides is 1. The number of aromatic amines is 1. The van der Waals surface area contributed by atoms with Crippen LogP contribution in [0.1, 0.15) is 54.9 Å². The predicted molar refractivity (Wildman–Crippen MR) is 80.1 cm³/mol. The molecule has 0 saturated heterocycles. The third-order valence-corrected chi connectivity index (χ3v) is 4.37. The van der Waals surface area contributed by atoms with Crippen molar-refractivity contribution >= 4 is 17.2 Å². The van der Waals surface area contributed by atoms with E-state index >= 15 is 0 Å². The Labute approximate surface area is 122 Å². The Morgan fingerprint density at radius 3 is 2.80 bits per heavy atom. The molecule has 0 fully saturated rings. The number of thiophene rings is 1. The number of aromatic nitrogens is 3. The van der Waals surface area contributed by atoms with Crippen molar-refractivity contribution in [3.05, 3.63) is 34.0 Å². The highest BCUT2D eigenvalue weighted by Crippen LogP contribution is 2.26. The van der Waals surface area contributed by atoms with Crippen LogP contribution in [0.3, 0.4) is 0 Å². The number of H-pyrrole nitrogens is 1. The molecule has 108 valence electrons. The van der Waals surface area contributed by atoms with E-state index in [0.717, 1.165) is 5.82 Å². The Morgan fingerprint density at radius 1 is 1.50 bits per heavy atom. The third kappa shape index (κ3) is 3.25. The summed E-state index contributed by atoms with van der Waals surface area (Å²) in [5, 5.41) is 11.7. The largest absolute Gasteiger partial charge is 0.348 e. The first-order valence-electron chi connectivity index (χ1n) is 6.64. The molecular formula is C14H20N4OS. The quantitative estimate of drug-likeness (QED) is 0.890. The fourth-order valence-electron chi connectivity index (χ4n) is 1.77. The van der Waals surface area contributed by atoms with E-state index in [1.54, 1.807) is 11.3 Å². The molecule has 2 heterocycles. The van der Waals surface area contributed by atoms with Crippen molar-refractivity contribution in [1.82, 2.24) is 20.5 Å². The van der Waals surface area contributed by atoms with Crippen LogP contribution < -0.4 is 5.32 Å². The van der Waals surface area contributed by atoms with Crippen LogP contribution >= 0.6 is 11.3 Å². The minimum atomic E-state index is -0.238. The lowest BCUT2D eigenvalue weighted by atomic mass is 9.91. The predicted octanol–water partition coefficient (Wildman–Crippen LogP) is 2.70. The molecule has 2 N–H and O–H groups in total. The summed E-state index contributed by atoms with van der Waals surface area (Å²) in [4.78, 5) is 17.5. The van der Waals surface area contributed by atoms with Gasteiger partial charge in [-0.15, -0.1) is 16.4 Å². The van der Waals surface area contributed by atoms with Gasteiger partial charge < -0.3 is 5.32 Å². The van der Waals surface area contributed by atoms with Gasteiger partial charge in [0.2, 0.25) is 5.82 Å². The summed E-state index contributed by atoms with van der Waals surface area (Å²) in [6.07, 6.45) is 0. The van der Waals surface area contributed by atoms with Crippen molar-refractivity contribution in [2.45, 2.75) is 39.0 Å². The average molecular weight is 292 g/mol. The molecule has 0 aliphatic carbocycles. The molecule has 2 rings (SSSR count). The molecule has 0 radical (unpaired) electrons. The third-order valence-electron chi connectivity index (χ3n) is 3.13. The molecule has 2 aromatic heterocycles. The van der Waals surface area contributed by atoms with Crippen LogP contribution in [0.4, 0.5) is 0 Å². The van der Waals surface area contributed by atoms with Gasteiger partial charge in [0, 0.05) is 22.8 Å². The minimum Gasteiger partial charge on any atom is -0.348 e. The Hall–Kier alpha value is -1.69. The molecule has 0 aliphatic heterocycles. The van der Waals surface area contributed by atoms with E-state index in [1.807, 2.05) is 25.3 Å². The first-order valence-corrected chi connectivity index (χ1v) is 7.52. The molecule has 5 nitrogen and oxygen atoms in total. The molecule has 0 aliphatic rings. The minimum absolute atomic E-state index is 0.0962. The van der Waals surface area contributed by atoms with Crippen molar-refractivity contribution in [1.29, 1.82) is 0 Å². The molecule has 0 unspecified atom stereocenters. The van der Waals surface area contributed by atoms with Gasteiger partial charge >= 0.3 is 0 Å². The van der Waals surface area contributed by atoms with Crippen molar-refractivity contribution < 1.29 is 4.79 Å². The normalized spacial score (nSPS) is 11.8. The number of rotatable bonds is 5. The summed E-state index contributed by atoms with van der Waals surface area (Å²) in [5.41, 5.74) is -0.0962. The molecule has 0 saturated carbocycles. The van der Waals surface area contributed by atoms with Gasteiger partial charge in [-0.2, -0.15) is 0 Å². The monoisotopic (exact) mass is 292 g/mol. The maximum Gasteiger partial charge on any atom is 0.290 e. The summed E-state index contributed by atoms with van der Waals surface area (Å²) < 4.78 is 0. The lowest BCUT2D eigenvalue weighted by Crippen LogP contribution is -2.36. The molecule has 0 atom stereocenters. The number of carbonyl (C=O) groups is 1. The van der Waals surface area contributed by atoms with Gasteiger partial charge in [-0.05, 0) is 11.4 Å². The Bertz CT molecular complexity index is 572. The first-order chi connectivity index (χ1) is 9.40. The molecule has 0 spiro atoms. The number of carbonyl (C=O) groups excluding carboxylic acids is 1. The summed E-state index contributed by atoms with van der Waals surface area (Å²) in [6.45, 7) is 8.77. The summed E-state index contributed by atoms with van der Waals surface area (Å²) in [7, 11) is 0. The van der Waals surface area contributed by atoms with E-state index in [0.29, 0.717) is 6.54 Å². The van der Waals surface area contributed by atoms with Gasteiger partial charge in [-0.3, -0.25) is 9.89 Å². The van der Waals surface area contributed by atoms with Crippen LogP contribution in [0.15, 0.2) is 17.5 Å². The highest BCUT2D eigenvalue weighted by Gasteiger charge is 2.23. The number of hydrogen-bond donors (Lipinski definition) is 2. The SMILES string of the molecule is CC(C)c1nc(C(=O)NCC(C)(C)c2cccs2)n[nH]1. The zero-order chi connectivity index (χ0) is 14.8. The van der Waals surface area contributed by atoms with Gasteiger partial charge in [-0.25, -0.2) is 4.98 Å². The molecule has 0 bridgehead atoms. The van der Waals surface area contributed by atoms with Crippen LogP contribution in [0.2, 0.25) is 0 Å². The lowest BCUT2D eigenvalue weighted by Gasteiger charge is -2.23. The van der Waals surface area contributed by atoms with Crippen LogP contribution in [-0.2, 0) is 5.41 Å². The van der Waals surface area contributed by atoms with Gasteiger partial charge in [0.05, 0.1) is 0 Å². The number of nitrogens with one attached hydrogen (secondary N) is 2. The van der Waals surface area contributed by atoms with Crippen molar-refractivity contribution in [3.63, 3.8) is 0 Å². The van der Waals surface area contributed by atoms with Crippen molar-refractivity contribution in [2.24, 2.45) is 0 Å². The second-order valence-corrected chi connectivity index (χ2v) is 6.69. The maximum absolute atomic E-state index is 12.0. The standard InChI is InChI=1S/C14H20N4OS/c1-9(2)11-16-12(18-17-11)13(19)15-8-14(3,4)10-6-5-7-20-10/h5-7,9H,8H2,1-4H3,(H,15,19)(H,16,17,18). The molecular weight excluding hydrogens is 272 g/mol. The van der Waals surface area contributed by atoms with E-state index in [-0.39, 0.29) is 23.1 Å². The lowest BCUT2D eigenvalue weighted by molar-refractivity contribution is 0.0936. The van der Waals surface area contributed by atoms with Crippen LogP contribution in [0.25, 0.3) is 0 Å². The van der Waals surface area contributed by atoms with Crippen LogP contribution in [-0.4, -0.2) is 27.6 Å². The molecule has 2 aromatic rings. The zero-order valence-electron chi connectivity index (χ0n) is 12.2. The molecule has 6 heteroatoms. The van der Waals surface area contributed by atoms with Crippen molar-refractivity contribution in [2.75, 3.05) is 6.54 Å². The molecule has 0 aromatic carbocycles. The van der Waals surface area contributed by atoms with Crippen LogP contribution in [0, 0.1) is 0 Å². The summed E-state index contributed by atoms with van der Waals surface area (Å²) in [5.74, 6) is 0.924. The van der Waals surface area contributed by atoms with E-state index < -0.39 is 0 Å². The van der Waals surface area contributed by atoms with E-state index in [4.69, 9.17) is 0 Å². The molecule has 1 amide bonds. The van der Waals surface area contributed by atoms with Gasteiger partial charge in [0.25, 0.3) is 5.91 Å². The highest BCUT2D eigenvalue weighted by atomic mass is 32.1. The summed E-state index contributed by atoms with van der Waals surface area (Å²) >= 11 is 1.70. The highest BCUT2D eigenvalue weighted by molar-refractivity contribution is 7.10. The second-order valence-electron chi connectivity index (χ2n) is 5.74. The molecule has 20 heavy (non-hydrogen) atoms. The number of nitrogens with zero attached hydrogens (tertiary/aromatic N) is 2. The van der Waals surface area contributed by atoms with Crippen LogP contribution in [0.5, 0.6) is 0 Å². The first kappa shape index (κ1) is 14.7. The number of hydrogen-bond acceptors (Lipinski definition) is 4. The van der Waals surface area contributed by atoms with Crippen molar-refractivity contribution in [3.8, 4) is 0 Å². The average Bonchev–Trinajstić information content (AvgIpc) is 3.06. The second kappa shape index (κ2) is 5.75. The van der Waals surface area contributed by atoms with Gasteiger partial charge in [0.1, 0.15) is 5.82 Å². The maximum atomic E-state index is 12.0. The van der Waals surface area contributed by atoms with E-state index in [9.17, 15) is 4.79 Å². The Morgan fingerprint density at radius 2 is 2.25 bits per heavy atom. The Kier molecular flexibility index (Phi) is 4.23. The smallest absolute Gasteiger partial charge is 0.290 e. The topological polar surface area (TPSA) is 70.7 Å². The Balaban J connectivity index is 1.98. The zero-order valence-corrected chi connectivity index (χ0v) is 13.0. The van der Waals surface area contributed by atoms with E-state index in [1.165, 1.54) is 4.88 Å². The van der Waals surface area contributed by atoms with E-state index in [2.05, 4.69) is 40.4 Å². The van der Waals surface area contributed by atoms with Gasteiger partial charge in [-0.1, -0.05) is 33.8 Å².